The van der Waals surface area contributed by atoms with Crippen LogP contribution >= 0.6 is 0 Å². The predicted octanol–water partition coefficient (Wildman–Crippen LogP) is 2.22. The van der Waals surface area contributed by atoms with Crippen molar-refractivity contribution in [3.05, 3.63) is 34.9 Å². The van der Waals surface area contributed by atoms with Crippen LogP contribution < -0.4 is 5.73 Å². The number of nitrogens with two attached hydrogens (primary N) is 1. The van der Waals surface area contributed by atoms with E-state index >= 15 is 0 Å². The highest BCUT2D eigenvalue weighted by atomic mass is 14.6. The summed E-state index contributed by atoms with van der Waals surface area (Å²) in [7, 11) is 0. The molecule has 0 saturated heterocycles. The van der Waals surface area contributed by atoms with Crippen molar-refractivity contribution < 1.29 is 0 Å². The molecule has 1 atom stereocenters. The highest BCUT2D eigenvalue weighted by molar-refractivity contribution is 5.33. The van der Waals surface area contributed by atoms with Gasteiger partial charge in [-0.1, -0.05) is 23.8 Å². The van der Waals surface area contributed by atoms with E-state index in [9.17, 15) is 0 Å². The number of rotatable bonds is 2. The average molecular weight is 174 g/mol. The van der Waals surface area contributed by atoms with Crippen LogP contribution in [-0.2, 0) is 0 Å². The van der Waals surface area contributed by atoms with Crippen LogP contribution in [0.3, 0.4) is 0 Å². The predicted molar refractivity (Wildman–Crippen MR) is 53.1 cm³/mol. The zero-order valence-corrected chi connectivity index (χ0v) is 8.04. The standard InChI is InChI=1S/C11H14N2/c1-8-3-4-9(2)10(7-8)11(13)5-6-12/h3-4,7,11H,5,13H2,1-2H3. The van der Waals surface area contributed by atoms with E-state index in [0.29, 0.717) is 6.42 Å². The van der Waals surface area contributed by atoms with E-state index in [1.54, 1.807) is 0 Å². The largest absolute Gasteiger partial charge is 0.323 e. The summed E-state index contributed by atoms with van der Waals surface area (Å²) in [5, 5.41) is 8.53. The fourth-order valence-corrected chi connectivity index (χ4v) is 1.37. The van der Waals surface area contributed by atoms with Crippen molar-refractivity contribution in [1.82, 2.24) is 0 Å². The third-order valence-electron chi connectivity index (χ3n) is 2.15. The van der Waals surface area contributed by atoms with Crippen molar-refractivity contribution in [3.8, 4) is 6.07 Å². The van der Waals surface area contributed by atoms with E-state index < -0.39 is 0 Å². The Kier molecular flexibility index (Phi) is 3.05. The van der Waals surface area contributed by atoms with Crippen molar-refractivity contribution in [1.29, 1.82) is 5.26 Å². The van der Waals surface area contributed by atoms with Gasteiger partial charge < -0.3 is 5.73 Å². The van der Waals surface area contributed by atoms with Crippen LogP contribution in [0.2, 0.25) is 0 Å². The fraction of sp³-hybridized carbons (Fsp3) is 0.364. The lowest BCUT2D eigenvalue weighted by Gasteiger charge is -2.11. The first-order chi connectivity index (χ1) is 6.15. The van der Waals surface area contributed by atoms with Crippen molar-refractivity contribution in [2.75, 3.05) is 0 Å². The molecule has 0 aromatic heterocycles. The molecule has 0 aliphatic heterocycles. The topological polar surface area (TPSA) is 49.8 Å². The van der Waals surface area contributed by atoms with Crippen LogP contribution in [0.25, 0.3) is 0 Å². The minimum Gasteiger partial charge on any atom is -0.323 e. The number of nitriles is 1. The first-order valence-corrected chi connectivity index (χ1v) is 4.35. The summed E-state index contributed by atoms with van der Waals surface area (Å²) in [4.78, 5) is 0. The van der Waals surface area contributed by atoms with E-state index in [1.165, 1.54) is 5.56 Å². The molecule has 0 spiro atoms. The van der Waals surface area contributed by atoms with Gasteiger partial charge in [-0.2, -0.15) is 5.26 Å². The Bertz CT molecular complexity index is 336. The van der Waals surface area contributed by atoms with Crippen LogP contribution in [0.5, 0.6) is 0 Å². The molecule has 2 nitrogen and oxygen atoms in total. The number of hydrogen-bond donors (Lipinski definition) is 1. The van der Waals surface area contributed by atoms with Crippen molar-refractivity contribution >= 4 is 0 Å². The first kappa shape index (κ1) is 9.76. The smallest absolute Gasteiger partial charge is 0.0641 e. The van der Waals surface area contributed by atoms with Gasteiger partial charge >= 0.3 is 0 Å². The molecule has 0 aliphatic rings. The summed E-state index contributed by atoms with van der Waals surface area (Å²) in [5.41, 5.74) is 9.29. The van der Waals surface area contributed by atoms with Crippen LogP contribution in [-0.4, -0.2) is 0 Å². The van der Waals surface area contributed by atoms with E-state index in [0.717, 1.165) is 11.1 Å². The second kappa shape index (κ2) is 4.06. The van der Waals surface area contributed by atoms with Gasteiger partial charge in [-0.3, -0.25) is 0 Å². The maximum Gasteiger partial charge on any atom is 0.0641 e. The molecule has 0 heterocycles. The summed E-state index contributed by atoms with van der Waals surface area (Å²) in [6.45, 7) is 4.05. The Labute approximate surface area is 79.0 Å². The zero-order valence-electron chi connectivity index (χ0n) is 8.04. The first-order valence-electron chi connectivity index (χ1n) is 4.35. The van der Waals surface area contributed by atoms with Gasteiger partial charge in [-0.05, 0) is 25.0 Å². The van der Waals surface area contributed by atoms with Gasteiger partial charge in [-0.15, -0.1) is 0 Å². The molecular formula is C11H14N2. The molecule has 0 radical (unpaired) electrons. The molecular weight excluding hydrogens is 160 g/mol. The van der Waals surface area contributed by atoms with Gasteiger partial charge in [0.25, 0.3) is 0 Å². The summed E-state index contributed by atoms with van der Waals surface area (Å²) < 4.78 is 0. The summed E-state index contributed by atoms with van der Waals surface area (Å²) >= 11 is 0. The average Bonchev–Trinajstić information content (AvgIpc) is 2.09. The van der Waals surface area contributed by atoms with E-state index in [4.69, 9.17) is 11.0 Å². The van der Waals surface area contributed by atoms with E-state index in [-0.39, 0.29) is 6.04 Å². The lowest BCUT2D eigenvalue weighted by Crippen LogP contribution is -2.10. The Morgan fingerprint density at radius 1 is 1.46 bits per heavy atom. The summed E-state index contributed by atoms with van der Waals surface area (Å²) in [6.07, 6.45) is 0.379. The van der Waals surface area contributed by atoms with Gasteiger partial charge in [0.1, 0.15) is 0 Å². The Balaban J connectivity index is 3.00. The van der Waals surface area contributed by atoms with Crippen LogP contribution in [0.15, 0.2) is 18.2 Å². The Morgan fingerprint density at radius 2 is 2.15 bits per heavy atom. The molecule has 1 rings (SSSR count). The molecule has 2 heteroatoms. The molecule has 0 fully saturated rings. The van der Waals surface area contributed by atoms with Gasteiger partial charge in [0.2, 0.25) is 0 Å². The molecule has 2 N–H and O–H groups in total. The van der Waals surface area contributed by atoms with E-state index in [1.807, 2.05) is 19.9 Å². The maximum atomic E-state index is 8.53. The normalized spacial score (nSPS) is 12.2. The number of benzene rings is 1. The Hall–Kier alpha value is -1.33. The third kappa shape index (κ3) is 2.30. The lowest BCUT2D eigenvalue weighted by molar-refractivity contribution is 0.741. The number of hydrogen-bond acceptors (Lipinski definition) is 2. The summed E-state index contributed by atoms with van der Waals surface area (Å²) in [5.74, 6) is 0. The Morgan fingerprint density at radius 3 is 2.77 bits per heavy atom. The van der Waals surface area contributed by atoms with Gasteiger partial charge in [0.05, 0.1) is 12.5 Å². The highest BCUT2D eigenvalue weighted by Crippen LogP contribution is 2.19. The maximum absolute atomic E-state index is 8.53. The van der Waals surface area contributed by atoms with Crippen LogP contribution in [0.4, 0.5) is 0 Å². The highest BCUT2D eigenvalue weighted by Gasteiger charge is 2.07. The summed E-state index contributed by atoms with van der Waals surface area (Å²) in [6, 6.07) is 8.09. The monoisotopic (exact) mass is 174 g/mol. The SMILES string of the molecule is Cc1ccc(C)c(C(N)CC#N)c1. The van der Waals surface area contributed by atoms with Crippen molar-refractivity contribution in [3.63, 3.8) is 0 Å². The molecule has 13 heavy (non-hydrogen) atoms. The molecule has 68 valence electrons. The molecule has 0 saturated carbocycles. The second-order valence-electron chi connectivity index (χ2n) is 3.33. The van der Waals surface area contributed by atoms with Gasteiger partial charge in [0.15, 0.2) is 0 Å². The van der Waals surface area contributed by atoms with Crippen molar-refractivity contribution in [2.45, 2.75) is 26.3 Å². The molecule has 1 unspecified atom stereocenters. The second-order valence-corrected chi connectivity index (χ2v) is 3.33. The minimum atomic E-state index is -0.148. The molecule has 1 aromatic carbocycles. The molecule has 0 amide bonds. The minimum absolute atomic E-state index is 0.148. The van der Waals surface area contributed by atoms with Crippen LogP contribution in [0, 0.1) is 25.2 Å². The zero-order chi connectivity index (χ0) is 9.84. The van der Waals surface area contributed by atoms with Gasteiger partial charge in [-0.25, -0.2) is 0 Å². The molecule has 0 aliphatic carbocycles. The fourth-order valence-electron chi connectivity index (χ4n) is 1.37. The lowest BCUT2D eigenvalue weighted by atomic mass is 9.98. The number of aryl methyl sites for hydroxylation is 2. The third-order valence-corrected chi connectivity index (χ3v) is 2.15. The van der Waals surface area contributed by atoms with Gasteiger partial charge in [0, 0.05) is 6.04 Å². The van der Waals surface area contributed by atoms with Crippen molar-refractivity contribution in [2.24, 2.45) is 5.73 Å². The quantitative estimate of drug-likeness (QED) is 0.747. The molecule has 1 aromatic rings. The van der Waals surface area contributed by atoms with Crippen LogP contribution in [0.1, 0.15) is 29.2 Å². The molecule has 0 bridgehead atoms. The number of nitrogens with zero attached hydrogens (tertiary/aromatic N) is 1. The van der Waals surface area contributed by atoms with E-state index in [2.05, 4.69) is 18.2 Å².